The largest absolute Gasteiger partial charge is 0.507 e. The monoisotopic (exact) mass is 406 g/mol. The molecule has 1 aromatic heterocycles. The van der Waals surface area contributed by atoms with Crippen molar-refractivity contribution in [3.63, 3.8) is 0 Å². The van der Waals surface area contributed by atoms with E-state index in [0.29, 0.717) is 5.75 Å². The third-order valence-electron chi connectivity index (χ3n) is 4.71. The van der Waals surface area contributed by atoms with Crippen molar-refractivity contribution in [1.29, 1.82) is 0 Å². The Morgan fingerprint density at radius 2 is 1.46 bits per heavy atom. The Balaban J connectivity index is 2.37. The van der Waals surface area contributed by atoms with Gasteiger partial charge < -0.3 is 5.11 Å². The Bertz CT molecular complexity index is 741. The molecule has 0 bridgehead atoms. The van der Waals surface area contributed by atoms with Crippen LogP contribution in [-0.4, -0.2) is 18.6 Å². The number of aryl methyl sites for hydroxylation is 1. The summed E-state index contributed by atoms with van der Waals surface area (Å²) in [5.74, 6) is 0.472. The van der Waals surface area contributed by atoms with Crippen molar-refractivity contribution in [3.05, 3.63) is 40.3 Å². The Morgan fingerprint density at radius 3 is 1.85 bits per heavy atom. The minimum Gasteiger partial charge on any atom is -0.507 e. The van der Waals surface area contributed by atoms with Crippen molar-refractivity contribution < 1.29 is 5.11 Å². The number of thioether (sulfide) groups is 1. The molecule has 1 aromatic carbocycles. The van der Waals surface area contributed by atoms with E-state index in [-0.39, 0.29) is 10.8 Å². The van der Waals surface area contributed by atoms with E-state index in [1.165, 1.54) is 9.77 Å². The zero-order chi connectivity index (χ0) is 19.9. The predicted octanol–water partition coefficient (Wildman–Crippen LogP) is 6.60. The molecule has 0 saturated heterocycles. The SMILES string of the molecule is Cc1ccc([Si](C)(C)CSc2cc(C(C)(C)C)c(O)c(C(C)(C)C)c2)s1. The fourth-order valence-electron chi connectivity index (χ4n) is 2.97. The number of hydrogen-bond donors (Lipinski definition) is 1. The molecule has 1 nitrogen and oxygen atoms in total. The molecule has 2 rings (SSSR count). The van der Waals surface area contributed by atoms with Crippen LogP contribution in [0, 0.1) is 6.92 Å². The second-order valence-electron chi connectivity index (χ2n) is 9.95. The Labute approximate surface area is 169 Å². The van der Waals surface area contributed by atoms with Crippen molar-refractivity contribution in [3.8, 4) is 5.75 Å². The molecule has 1 heterocycles. The first-order chi connectivity index (χ1) is 11.7. The molecule has 0 amide bonds. The van der Waals surface area contributed by atoms with Crippen LogP contribution in [0.3, 0.4) is 0 Å². The standard InChI is InChI=1S/C22H34OS2Si/c1-15-10-11-19(25-15)26(8,9)14-24-16-12-17(21(2,3)4)20(23)18(13-16)22(5,6)7/h10-13,23H,14H2,1-9H3. The second-order valence-corrected chi connectivity index (χ2v) is 17.8. The van der Waals surface area contributed by atoms with Crippen LogP contribution in [-0.2, 0) is 10.8 Å². The van der Waals surface area contributed by atoms with Crippen LogP contribution in [0.2, 0.25) is 13.1 Å². The smallest absolute Gasteiger partial charge is 0.123 e. The van der Waals surface area contributed by atoms with Gasteiger partial charge in [0.15, 0.2) is 0 Å². The summed E-state index contributed by atoms with van der Waals surface area (Å²) in [4.78, 5) is 2.69. The third kappa shape index (κ3) is 4.96. The highest BCUT2D eigenvalue weighted by atomic mass is 32.2. The fourth-order valence-corrected chi connectivity index (χ4v) is 9.32. The number of hydrogen-bond acceptors (Lipinski definition) is 3. The van der Waals surface area contributed by atoms with Crippen molar-refractivity contribution in [2.75, 3.05) is 5.38 Å². The molecule has 144 valence electrons. The molecule has 0 spiro atoms. The van der Waals surface area contributed by atoms with Gasteiger partial charge in [0.25, 0.3) is 0 Å². The average Bonchev–Trinajstić information content (AvgIpc) is 2.91. The summed E-state index contributed by atoms with van der Waals surface area (Å²) >= 11 is 3.91. The van der Waals surface area contributed by atoms with Crippen LogP contribution in [0.25, 0.3) is 0 Å². The van der Waals surface area contributed by atoms with Gasteiger partial charge in [-0.05, 0) is 45.8 Å². The lowest BCUT2D eigenvalue weighted by atomic mass is 9.79. The Kier molecular flexibility index (Phi) is 6.11. The van der Waals surface area contributed by atoms with Crippen molar-refractivity contribution >= 4 is 35.7 Å². The number of benzene rings is 1. The molecule has 0 fully saturated rings. The van der Waals surface area contributed by atoms with Gasteiger partial charge in [-0.1, -0.05) is 60.7 Å². The molecule has 0 aliphatic carbocycles. The zero-order valence-electron chi connectivity index (χ0n) is 17.8. The summed E-state index contributed by atoms with van der Waals surface area (Å²) in [5, 5.41) is 12.1. The highest BCUT2D eigenvalue weighted by Gasteiger charge is 2.29. The maximum atomic E-state index is 10.9. The Morgan fingerprint density at radius 1 is 0.962 bits per heavy atom. The molecule has 4 heteroatoms. The van der Waals surface area contributed by atoms with Gasteiger partial charge in [-0.3, -0.25) is 0 Å². The molecule has 1 N–H and O–H groups in total. The van der Waals surface area contributed by atoms with E-state index >= 15 is 0 Å². The highest BCUT2D eigenvalue weighted by molar-refractivity contribution is 8.01. The summed E-state index contributed by atoms with van der Waals surface area (Å²) in [6, 6.07) is 8.99. The van der Waals surface area contributed by atoms with E-state index in [1.807, 2.05) is 23.1 Å². The van der Waals surface area contributed by atoms with Crippen LogP contribution < -0.4 is 4.50 Å². The van der Waals surface area contributed by atoms with E-state index in [9.17, 15) is 5.11 Å². The first-order valence-electron chi connectivity index (χ1n) is 9.29. The predicted molar refractivity (Wildman–Crippen MR) is 122 cm³/mol. The number of phenols is 1. The Hall–Kier alpha value is -0.713. The molecule has 26 heavy (non-hydrogen) atoms. The van der Waals surface area contributed by atoms with Gasteiger partial charge in [-0.25, -0.2) is 0 Å². The topological polar surface area (TPSA) is 20.2 Å². The van der Waals surface area contributed by atoms with Gasteiger partial charge in [-0.2, -0.15) is 11.3 Å². The molecule has 0 radical (unpaired) electrons. The second kappa shape index (κ2) is 7.37. The lowest BCUT2D eigenvalue weighted by Gasteiger charge is -2.28. The van der Waals surface area contributed by atoms with Gasteiger partial charge in [0, 0.05) is 20.9 Å². The van der Waals surface area contributed by atoms with Gasteiger partial charge in [-0.15, -0.1) is 11.8 Å². The minimum absolute atomic E-state index is 0.0710. The van der Waals surface area contributed by atoms with E-state index in [0.717, 1.165) is 16.5 Å². The molecule has 0 unspecified atom stereocenters. The van der Waals surface area contributed by atoms with Crippen molar-refractivity contribution in [2.24, 2.45) is 0 Å². The average molecular weight is 407 g/mol. The molecule has 2 aromatic rings. The number of phenolic OH excluding ortho intramolecular Hbond substituents is 1. The summed E-state index contributed by atoms with van der Waals surface area (Å²) < 4.78 is 1.58. The first kappa shape index (κ1) is 21.6. The van der Waals surface area contributed by atoms with E-state index < -0.39 is 8.07 Å². The highest BCUT2D eigenvalue weighted by Crippen LogP contribution is 2.42. The van der Waals surface area contributed by atoms with Crippen LogP contribution in [0.15, 0.2) is 29.2 Å². The van der Waals surface area contributed by atoms with Gasteiger partial charge in [0.2, 0.25) is 0 Å². The number of aromatic hydroxyl groups is 1. The summed E-state index contributed by atoms with van der Waals surface area (Å²) in [6.07, 6.45) is 0. The maximum absolute atomic E-state index is 10.9. The van der Waals surface area contributed by atoms with Gasteiger partial charge in [0.1, 0.15) is 13.8 Å². The molecule has 0 atom stereocenters. The van der Waals surface area contributed by atoms with Crippen LogP contribution >= 0.6 is 23.1 Å². The molecule has 0 aliphatic rings. The molecule has 0 saturated carbocycles. The van der Waals surface area contributed by atoms with Gasteiger partial charge in [0.05, 0.1) is 0 Å². The summed E-state index contributed by atoms with van der Waals surface area (Å²) in [5.41, 5.74) is 1.97. The number of thiophene rings is 1. The molecular formula is C22H34OS2Si. The maximum Gasteiger partial charge on any atom is 0.123 e. The van der Waals surface area contributed by atoms with E-state index in [1.54, 1.807) is 4.50 Å². The molecule has 0 aliphatic heterocycles. The van der Waals surface area contributed by atoms with E-state index in [4.69, 9.17) is 0 Å². The summed E-state index contributed by atoms with van der Waals surface area (Å²) in [6.45, 7) is 20.2. The molecular weight excluding hydrogens is 372 g/mol. The van der Waals surface area contributed by atoms with Crippen molar-refractivity contribution in [2.45, 2.75) is 77.3 Å². The number of rotatable bonds is 4. The normalized spacial score (nSPS) is 13.3. The lowest BCUT2D eigenvalue weighted by Crippen LogP contribution is -2.42. The minimum atomic E-state index is -1.46. The zero-order valence-corrected chi connectivity index (χ0v) is 20.4. The summed E-state index contributed by atoms with van der Waals surface area (Å²) in [7, 11) is -1.46. The van der Waals surface area contributed by atoms with Crippen LogP contribution in [0.4, 0.5) is 0 Å². The van der Waals surface area contributed by atoms with Crippen molar-refractivity contribution in [1.82, 2.24) is 0 Å². The van der Waals surface area contributed by atoms with Crippen LogP contribution in [0.1, 0.15) is 57.5 Å². The van der Waals surface area contributed by atoms with Gasteiger partial charge >= 0.3 is 0 Å². The quantitative estimate of drug-likeness (QED) is 0.455. The fraction of sp³-hybridized carbons (Fsp3) is 0.545. The van der Waals surface area contributed by atoms with E-state index in [2.05, 4.69) is 85.8 Å². The lowest BCUT2D eigenvalue weighted by molar-refractivity contribution is 0.422. The third-order valence-corrected chi connectivity index (χ3v) is 13.0. The first-order valence-corrected chi connectivity index (χ1v) is 14.3. The van der Waals surface area contributed by atoms with Crippen LogP contribution in [0.5, 0.6) is 5.75 Å².